The molecule has 0 aliphatic heterocycles. The Labute approximate surface area is 150 Å². The summed E-state index contributed by atoms with van der Waals surface area (Å²) in [5.74, 6) is 2.44. The fourth-order valence-corrected chi connectivity index (χ4v) is 3.77. The summed E-state index contributed by atoms with van der Waals surface area (Å²) >= 11 is 1.64. The van der Waals surface area contributed by atoms with Crippen LogP contribution in [0.4, 0.5) is 11.5 Å². The molecule has 2 heterocycles. The van der Waals surface area contributed by atoms with Crippen LogP contribution in [0.2, 0.25) is 0 Å². The molecule has 0 spiro atoms. The molecule has 0 saturated carbocycles. The highest BCUT2D eigenvalue weighted by atomic mass is 32.1. The molecule has 0 unspecified atom stereocenters. The Morgan fingerprint density at radius 2 is 1.72 bits per heavy atom. The van der Waals surface area contributed by atoms with Crippen LogP contribution in [-0.2, 0) is 0 Å². The van der Waals surface area contributed by atoms with E-state index in [-0.39, 0.29) is 0 Å². The number of benzene rings is 2. The van der Waals surface area contributed by atoms with Crippen LogP contribution in [0.5, 0.6) is 5.75 Å². The molecule has 0 atom stereocenters. The van der Waals surface area contributed by atoms with Crippen molar-refractivity contribution in [2.75, 3.05) is 12.4 Å². The number of nitrogens with one attached hydrogen (secondary N) is 1. The molecule has 0 amide bonds. The Hall–Kier alpha value is -2.92. The summed E-state index contributed by atoms with van der Waals surface area (Å²) in [7, 11) is 1.67. The first-order valence-electron chi connectivity index (χ1n) is 7.97. The molecule has 5 heteroatoms. The first-order chi connectivity index (χ1) is 12.2. The highest BCUT2D eigenvalue weighted by molar-refractivity contribution is 7.17. The highest BCUT2D eigenvalue weighted by Crippen LogP contribution is 2.38. The van der Waals surface area contributed by atoms with Gasteiger partial charge in [0.25, 0.3) is 0 Å². The van der Waals surface area contributed by atoms with Crippen LogP contribution in [0.3, 0.4) is 0 Å². The van der Waals surface area contributed by atoms with E-state index in [2.05, 4.69) is 32.8 Å². The van der Waals surface area contributed by atoms with E-state index in [0.717, 1.165) is 44.4 Å². The lowest BCUT2D eigenvalue weighted by atomic mass is 10.1. The smallest absolute Gasteiger partial charge is 0.143 e. The minimum absolute atomic E-state index is 0.758. The van der Waals surface area contributed by atoms with Gasteiger partial charge in [-0.1, -0.05) is 30.3 Å². The molecule has 0 aliphatic carbocycles. The molecular formula is C20H17N3OS. The molecule has 0 bridgehead atoms. The quantitative estimate of drug-likeness (QED) is 0.535. The summed E-state index contributed by atoms with van der Waals surface area (Å²) in [4.78, 5) is 10.2. The van der Waals surface area contributed by atoms with Crippen molar-refractivity contribution in [2.45, 2.75) is 6.92 Å². The number of rotatable bonds is 4. The fraction of sp³-hybridized carbons (Fsp3) is 0.100. The van der Waals surface area contributed by atoms with Crippen molar-refractivity contribution in [1.29, 1.82) is 0 Å². The predicted octanol–water partition coefficient (Wildman–Crippen LogP) is 5.42. The van der Waals surface area contributed by atoms with E-state index in [1.54, 1.807) is 18.4 Å². The van der Waals surface area contributed by atoms with Crippen LogP contribution in [0.15, 0.2) is 60.0 Å². The van der Waals surface area contributed by atoms with E-state index < -0.39 is 0 Å². The van der Waals surface area contributed by atoms with Crippen molar-refractivity contribution in [1.82, 2.24) is 9.97 Å². The number of para-hydroxylation sites is 1. The number of methoxy groups -OCH3 is 1. The average Bonchev–Trinajstić information content (AvgIpc) is 3.06. The van der Waals surface area contributed by atoms with Gasteiger partial charge in [0, 0.05) is 16.6 Å². The van der Waals surface area contributed by atoms with Gasteiger partial charge in [-0.05, 0) is 36.8 Å². The van der Waals surface area contributed by atoms with Gasteiger partial charge in [-0.2, -0.15) is 0 Å². The number of aryl methyl sites for hydroxylation is 1. The molecule has 4 rings (SSSR count). The Balaban J connectivity index is 1.85. The lowest BCUT2D eigenvalue weighted by molar-refractivity contribution is 0.415. The SMILES string of the molecule is COc1ccc(-c2csc3nc(C)nc(Nc4ccccc4)c23)cc1. The first-order valence-corrected chi connectivity index (χ1v) is 8.85. The monoisotopic (exact) mass is 347 g/mol. The first kappa shape index (κ1) is 15.6. The van der Waals surface area contributed by atoms with Crippen LogP contribution in [-0.4, -0.2) is 17.1 Å². The molecule has 2 aromatic carbocycles. The Kier molecular flexibility index (Phi) is 4.07. The van der Waals surface area contributed by atoms with Crippen molar-refractivity contribution < 1.29 is 4.74 Å². The molecule has 124 valence electrons. The number of thiophene rings is 1. The third-order valence-corrected chi connectivity index (χ3v) is 4.86. The molecule has 0 aliphatic rings. The van der Waals surface area contributed by atoms with Crippen LogP contribution in [0.25, 0.3) is 21.3 Å². The highest BCUT2D eigenvalue weighted by Gasteiger charge is 2.14. The summed E-state index contributed by atoms with van der Waals surface area (Å²) in [6.07, 6.45) is 0. The molecule has 25 heavy (non-hydrogen) atoms. The molecular weight excluding hydrogens is 330 g/mol. The minimum atomic E-state index is 0.758. The van der Waals surface area contributed by atoms with Crippen LogP contribution >= 0.6 is 11.3 Å². The van der Waals surface area contributed by atoms with Crippen molar-refractivity contribution in [3.8, 4) is 16.9 Å². The summed E-state index contributed by atoms with van der Waals surface area (Å²) in [6, 6.07) is 18.1. The number of hydrogen-bond acceptors (Lipinski definition) is 5. The molecule has 2 aromatic heterocycles. The van der Waals surface area contributed by atoms with Gasteiger partial charge in [-0.15, -0.1) is 11.3 Å². The number of fused-ring (bicyclic) bond motifs is 1. The van der Waals surface area contributed by atoms with E-state index in [1.807, 2.05) is 49.4 Å². The second-order valence-corrected chi connectivity index (χ2v) is 6.53. The van der Waals surface area contributed by atoms with Gasteiger partial charge in [0.05, 0.1) is 12.5 Å². The van der Waals surface area contributed by atoms with Crippen LogP contribution in [0.1, 0.15) is 5.82 Å². The lowest BCUT2D eigenvalue weighted by Crippen LogP contribution is -1.98. The van der Waals surface area contributed by atoms with Crippen LogP contribution in [0, 0.1) is 6.92 Å². The van der Waals surface area contributed by atoms with Gasteiger partial charge in [-0.3, -0.25) is 0 Å². The largest absolute Gasteiger partial charge is 0.497 e. The summed E-state index contributed by atoms with van der Waals surface area (Å²) in [5.41, 5.74) is 3.26. The molecule has 4 nitrogen and oxygen atoms in total. The Bertz CT molecular complexity index is 1010. The van der Waals surface area contributed by atoms with Gasteiger partial charge in [-0.25, -0.2) is 9.97 Å². The number of ether oxygens (including phenoxy) is 1. The summed E-state index contributed by atoms with van der Waals surface area (Å²) in [6.45, 7) is 1.92. The zero-order chi connectivity index (χ0) is 17.2. The summed E-state index contributed by atoms with van der Waals surface area (Å²) < 4.78 is 5.26. The molecule has 1 N–H and O–H groups in total. The Morgan fingerprint density at radius 3 is 2.44 bits per heavy atom. The second-order valence-electron chi connectivity index (χ2n) is 5.67. The number of nitrogens with zero attached hydrogens (tertiary/aromatic N) is 2. The average molecular weight is 347 g/mol. The number of hydrogen-bond donors (Lipinski definition) is 1. The minimum Gasteiger partial charge on any atom is -0.497 e. The maximum absolute atomic E-state index is 5.26. The van der Waals surface area contributed by atoms with Crippen molar-refractivity contribution in [3.63, 3.8) is 0 Å². The molecule has 4 aromatic rings. The van der Waals surface area contributed by atoms with Gasteiger partial charge in [0.15, 0.2) is 0 Å². The molecule has 0 fully saturated rings. The summed E-state index contributed by atoms with van der Waals surface area (Å²) in [5, 5.41) is 6.62. The Morgan fingerprint density at radius 1 is 0.960 bits per heavy atom. The second kappa shape index (κ2) is 6.53. The normalized spacial score (nSPS) is 10.8. The van der Waals surface area contributed by atoms with E-state index in [0.29, 0.717) is 0 Å². The lowest BCUT2D eigenvalue weighted by Gasteiger charge is -2.10. The standard InChI is InChI=1S/C20H17N3OS/c1-13-21-19(23-15-6-4-3-5-7-15)18-17(12-25-20(18)22-13)14-8-10-16(24-2)11-9-14/h3-12H,1-2H3,(H,21,22,23). The van der Waals surface area contributed by atoms with Gasteiger partial charge in [0.1, 0.15) is 22.2 Å². The third-order valence-electron chi connectivity index (χ3n) is 3.98. The fourth-order valence-electron chi connectivity index (χ4n) is 2.78. The van der Waals surface area contributed by atoms with Gasteiger partial charge >= 0.3 is 0 Å². The van der Waals surface area contributed by atoms with E-state index in [1.165, 1.54) is 0 Å². The zero-order valence-corrected chi connectivity index (χ0v) is 14.8. The number of anilines is 2. The third kappa shape index (κ3) is 3.06. The van der Waals surface area contributed by atoms with Crippen molar-refractivity contribution in [3.05, 3.63) is 65.8 Å². The van der Waals surface area contributed by atoms with Crippen molar-refractivity contribution >= 4 is 33.1 Å². The molecule has 0 radical (unpaired) electrons. The van der Waals surface area contributed by atoms with Gasteiger partial charge in [0.2, 0.25) is 0 Å². The van der Waals surface area contributed by atoms with Gasteiger partial charge < -0.3 is 10.1 Å². The maximum atomic E-state index is 5.26. The predicted molar refractivity (Wildman–Crippen MR) is 104 cm³/mol. The zero-order valence-electron chi connectivity index (χ0n) is 14.0. The maximum Gasteiger partial charge on any atom is 0.143 e. The van der Waals surface area contributed by atoms with E-state index >= 15 is 0 Å². The van der Waals surface area contributed by atoms with Crippen LogP contribution < -0.4 is 10.1 Å². The van der Waals surface area contributed by atoms with E-state index in [9.17, 15) is 0 Å². The van der Waals surface area contributed by atoms with Crippen molar-refractivity contribution in [2.24, 2.45) is 0 Å². The molecule has 0 saturated heterocycles. The van der Waals surface area contributed by atoms with E-state index in [4.69, 9.17) is 4.74 Å². The number of aromatic nitrogens is 2. The topological polar surface area (TPSA) is 47.0 Å².